The number of hydrogen-bond donors (Lipinski definition) is 1. The molecule has 0 bridgehead atoms. The Labute approximate surface area is 110 Å². The molecule has 1 unspecified atom stereocenters. The van der Waals surface area contributed by atoms with Gasteiger partial charge in [0, 0.05) is 24.9 Å². The molecule has 0 aromatic heterocycles. The van der Waals surface area contributed by atoms with Gasteiger partial charge in [0.15, 0.2) is 0 Å². The maximum atomic E-state index is 13.2. The molecule has 0 aliphatic rings. The molecule has 1 rings (SSSR count). The highest BCUT2D eigenvalue weighted by molar-refractivity contribution is 7.90. The highest BCUT2D eigenvalue weighted by Crippen LogP contribution is 2.16. The Morgan fingerprint density at radius 3 is 2.58 bits per heavy atom. The van der Waals surface area contributed by atoms with Gasteiger partial charge < -0.3 is 5.32 Å². The zero-order chi connectivity index (χ0) is 14.6. The molecule has 0 spiro atoms. The van der Waals surface area contributed by atoms with Crippen LogP contribution in [0.4, 0.5) is 10.1 Å². The van der Waals surface area contributed by atoms with Gasteiger partial charge in [-0.25, -0.2) is 12.8 Å². The standard InChI is InChI=1S/C11H15FN2O4S/c1-8(7-19(2,17)18)13-6-9-3-10(12)5-11(4-9)14(15)16/h3-5,8,13H,6-7H2,1-2H3. The van der Waals surface area contributed by atoms with Crippen molar-refractivity contribution in [3.05, 3.63) is 39.7 Å². The van der Waals surface area contributed by atoms with Crippen LogP contribution in [0.1, 0.15) is 12.5 Å². The first-order chi connectivity index (χ1) is 8.67. The molecule has 8 heteroatoms. The molecule has 1 N–H and O–H groups in total. The lowest BCUT2D eigenvalue weighted by Crippen LogP contribution is -2.32. The van der Waals surface area contributed by atoms with Gasteiger partial charge in [-0.15, -0.1) is 0 Å². The van der Waals surface area contributed by atoms with Gasteiger partial charge >= 0.3 is 0 Å². The van der Waals surface area contributed by atoms with Crippen LogP contribution in [0.15, 0.2) is 18.2 Å². The number of sulfone groups is 1. The Morgan fingerprint density at radius 2 is 2.05 bits per heavy atom. The first kappa shape index (κ1) is 15.5. The van der Waals surface area contributed by atoms with Crippen molar-refractivity contribution in [1.82, 2.24) is 5.32 Å². The molecule has 1 aromatic carbocycles. The molecule has 0 heterocycles. The average molecular weight is 290 g/mol. The van der Waals surface area contributed by atoms with Crippen LogP contribution in [0.2, 0.25) is 0 Å². The maximum absolute atomic E-state index is 13.2. The third-order valence-electron chi connectivity index (χ3n) is 2.36. The van der Waals surface area contributed by atoms with Gasteiger partial charge in [-0.2, -0.15) is 0 Å². The molecule has 1 aromatic rings. The highest BCUT2D eigenvalue weighted by atomic mass is 32.2. The fourth-order valence-corrected chi connectivity index (χ4v) is 2.67. The van der Waals surface area contributed by atoms with Gasteiger partial charge in [-0.3, -0.25) is 10.1 Å². The highest BCUT2D eigenvalue weighted by Gasteiger charge is 2.12. The molecule has 1 atom stereocenters. The second kappa shape index (κ2) is 6.07. The molecule has 0 saturated heterocycles. The van der Waals surface area contributed by atoms with Gasteiger partial charge in [0.2, 0.25) is 0 Å². The first-order valence-corrected chi connectivity index (χ1v) is 7.58. The van der Waals surface area contributed by atoms with E-state index in [1.54, 1.807) is 6.92 Å². The van der Waals surface area contributed by atoms with E-state index in [9.17, 15) is 22.9 Å². The lowest BCUT2D eigenvalue weighted by molar-refractivity contribution is -0.385. The second-order valence-electron chi connectivity index (χ2n) is 4.45. The Bertz CT molecular complexity index is 574. The van der Waals surface area contributed by atoms with Crippen LogP contribution in [-0.4, -0.2) is 31.4 Å². The normalized spacial score (nSPS) is 13.2. The molecule has 19 heavy (non-hydrogen) atoms. The van der Waals surface area contributed by atoms with Crippen LogP contribution in [-0.2, 0) is 16.4 Å². The number of non-ortho nitro benzene ring substituents is 1. The maximum Gasteiger partial charge on any atom is 0.272 e. The Kier molecular flexibility index (Phi) is 4.96. The molecule has 0 saturated carbocycles. The third-order valence-corrected chi connectivity index (χ3v) is 3.47. The van der Waals surface area contributed by atoms with Crippen molar-refractivity contribution >= 4 is 15.5 Å². The Balaban J connectivity index is 2.70. The molecule has 0 fully saturated rings. The summed E-state index contributed by atoms with van der Waals surface area (Å²) in [5, 5.41) is 13.5. The van der Waals surface area contributed by atoms with E-state index in [0.717, 1.165) is 12.3 Å². The van der Waals surface area contributed by atoms with Crippen molar-refractivity contribution in [2.24, 2.45) is 0 Å². The number of hydrogen-bond acceptors (Lipinski definition) is 5. The molecule has 6 nitrogen and oxygen atoms in total. The van der Waals surface area contributed by atoms with Gasteiger partial charge in [0.05, 0.1) is 16.7 Å². The fourth-order valence-electron chi connectivity index (χ4n) is 1.65. The van der Waals surface area contributed by atoms with E-state index >= 15 is 0 Å². The number of nitrogens with one attached hydrogen (secondary N) is 1. The van der Waals surface area contributed by atoms with Gasteiger partial charge in [-0.1, -0.05) is 0 Å². The van der Waals surface area contributed by atoms with E-state index in [-0.39, 0.29) is 24.0 Å². The lowest BCUT2D eigenvalue weighted by Gasteiger charge is -2.12. The summed E-state index contributed by atoms with van der Waals surface area (Å²) in [6.45, 7) is 1.84. The predicted molar refractivity (Wildman–Crippen MR) is 69.1 cm³/mol. The van der Waals surface area contributed by atoms with E-state index in [2.05, 4.69) is 5.32 Å². The minimum Gasteiger partial charge on any atom is -0.309 e. The van der Waals surface area contributed by atoms with Gasteiger partial charge in [0.25, 0.3) is 5.69 Å². The topological polar surface area (TPSA) is 89.3 Å². The number of nitro benzene ring substituents is 1. The van der Waals surface area contributed by atoms with Crippen molar-refractivity contribution < 1.29 is 17.7 Å². The quantitative estimate of drug-likeness (QED) is 0.629. The molecule has 0 aliphatic carbocycles. The van der Waals surface area contributed by atoms with E-state index in [4.69, 9.17) is 0 Å². The van der Waals surface area contributed by atoms with Crippen molar-refractivity contribution in [3.63, 3.8) is 0 Å². The summed E-state index contributed by atoms with van der Waals surface area (Å²) in [6.07, 6.45) is 1.12. The van der Waals surface area contributed by atoms with E-state index in [1.165, 1.54) is 12.1 Å². The van der Waals surface area contributed by atoms with Crippen molar-refractivity contribution in [2.45, 2.75) is 19.5 Å². The average Bonchev–Trinajstić information content (AvgIpc) is 2.23. The second-order valence-corrected chi connectivity index (χ2v) is 6.63. The first-order valence-electron chi connectivity index (χ1n) is 5.52. The molecule has 106 valence electrons. The van der Waals surface area contributed by atoms with Crippen LogP contribution >= 0.6 is 0 Å². The van der Waals surface area contributed by atoms with E-state index in [1.807, 2.05) is 0 Å². The summed E-state index contributed by atoms with van der Waals surface area (Å²) in [5.74, 6) is -0.744. The van der Waals surface area contributed by atoms with Gasteiger partial charge in [0.1, 0.15) is 15.7 Å². The molecular weight excluding hydrogens is 275 g/mol. The zero-order valence-electron chi connectivity index (χ0n) is 10.6. The van der Waals surface area contributed by atoms with Crippen molar-refractivity contribution in [2.75, 3.05) is 12.0 Å². The summed E-state index contributed by atoms with van der Waals surface area (Å²) in [4.78, 5) is 9.90. The smallest absolute Gasteiger partial charge is 0.272 e. The van der Waals surface area contributed by atoms with Gasteiger partial charge in [-0.05, 0) is 18.6 Å². The zero-order valence-corrected chi connectivity index (χ0v) is 11.4. The van der Waals surface area contributed by atoms with E-state index < -0.39 is 20.6 Å². The Hall–Kier alpha value is -1.54. The molecule has 0 amide bonds. The van der Waals surface area contributed by atoms with E-state index in [0.29, 0.717) is 5.56 Å². The number of nitrogens with zero attached hydrogens (tertiary/aromatic N) is 1. The minimum absolute atomic E-state index is 0.0512. The SMILES string of the molecule is CC(CS(C)(=O)=O)NCc1cc(F)cc([N+](=O)[O-])c1. The number of benzene rings is 1. The van der Waals surface area contributed by atoms with Crippen LogP contribution in [0, 0.1) is 15.9 Å². The summed E-state index contributed by atoms with van der Waals surface area (Å²) in [5.41, 5.74) is 0.0691. The van der Waals surface area contributed by atoms with Crippen molar-refractivity contribution in [1.29, 1.82) is 0 Å². The largest absolute Gasteiger partial charge is 0.309 e. The van der Waals surface area contributed by atoms with Crippen molar-refractivity contribution in [3.8, 4) is 0 Å². The Morgan fingerprint density at radius 1 is 1.42 bits per heavy atom. The lowest BCUT2D eigenvalue weighted by atomic mass is 10.2. The molecule has 0 radical (unpaired) electrons. The summed E-state index contributed by atoms with van der Waals surface area (Å²) < 4.78 is 35.3. The molecule has 0 aliphatic heterocycles. The number of halogens is 1. The fraction of sp³-hybridized carbons (Fsp3) is 0.455. The number of nitro groups is 1. The summed E-state index contributed by atoms with van der Waals surface area (Å²) >= 11 is 0. The third kappa shape index (κ3) is 5.75. The molecular formula is C11H15FN2O4S. The van der Waals surface area contributed by atoms with Crippen LogP contribution < -0.4 is 5.32 Å². The van der Waals surface area contributed by atoms with Crippen LogP contribution in [0.5, 0.6) is 0 Å². The summed E-state index contributed by atoms with van der Waals surface area (Å²) in [6, 6.07) is 2.94. The monoisotopic (exact) mass is 290 g/mol. The number of rotatable bonds is 6. The predicted octanol–water partition coefficient (Wildman–Crippen LogP) is 1.26. The van der Waals surface area contributed by atoms with Crippen LogP contribution in [0.25, 0.3) is 0 Å². The summed E-state index contributed by atoms with van der Waals surface area (Å²) in [7, 11) is -3.10. The van der Waals surface area contributed by atoms with Crippen LogP contribution in [0.3, 0.4) is 0 Å². The minimum atomic E-state index is -3.10.